The molecule has 0 unspecified atom stereocenters. The number of aliphatic hydroxyl groups excluding tert-OH is 1. The summed E-state index contributed by atoms with van der Waals surface area (Å²) in [6, 6.07) is 0. The Morgan fingerprint density at radius 2 is 1.62 bits per heavy atom. The monoisotopic (exact) mass is 354 g/mol. The summed E-state index contributed by atoms with van der Waals surface area (Å²) in [7, 11) is 0. The lowest BCUT2D eigenvalue weighted by Crippen LogP contribution is -2.27. The van der Waals surface area contributed by atoms with Gasteiger partial charge in [-0.05, 0) is 73.8 Å². The summed E-state index contributed by atoms with van der Waals surface area (Å²) in [6.45, 7) is 7.32. The molecule has 1 aromatic carbocycles. The van der Waals surface area contributed by atoms with Gasteiger partial charge >= 0.3 is 0 Å². The van der Waals surface area contributed by atoms with E-state index in [0.717, 1.165) is 47.1 Å². The zero-order valence-corrected chi connectivity index (χ0v) is 16.0. The highest BCUT2D eigenvalue weighted by atomic mass is 16.3. The lowest BCUT2D eigenvalue weighted by molar-refractivity contribution is -0.124. The number of Topliss-reactive ketones (excluding diaryl/α,β-unsaturated/α-hetero) is 3. The van der Waals surface area contributed by atoms with Gasteiger partial charge in [0.05, 0.1) is 5.57 Å². The van der Waals surface area contributed by atoms with E-state index in [-0.39, 0.29) is 53.9 Å². The van der Waals surface area contributed by atoms with E-state index < -0.39 is 0 Å². The van der Waals surface area contributed by atoms with Crippen molar-refractivity contribution in [1.29, 1.82) is 0 Å². The van der Waals surface area contributed by atoms with Crippen molar-refractivity contribution in [2.24, 2.45) is 0 Å². The van der Waals surface area contributed by atoms with Crippen molar-refractivity contribution in [3.8, 4) is 0 Å². The number of allylic oxidation sites excluding steroid dienone is 2. The Labute approximate surface area is 154 Å². The fourth-order valence-electron chi connectivity index (χ4n) is 4.91. The third-order valence-electron chi connectivity index (χ3n) is 5.96. The molecule has 4 heteroatoms. The Bertz CT molecular complexity index is 838. The maximum Gasteiger partial charge on any atom is 0.170 e. The Kier molecular flexibility index (Phi) is 4.87. The van der Waals surface area contributed by atoms with Crippen molar-refractivity contribution in [3.05, 3.63) is 44.7 Å². The molecule has 4 nitrogen and oxygen atoms in total. The molecule has 0 spiro atoms. The molecular formula is C22H26O4. The van der Waals surface area contributed by atoms with Gasteiger partial charge in [0, 0.05) is 24.8 Å². The van der Waals surface area contributed by atoms with Crippen LogP contribution in [0.15, 0.2) is 11.3 Å². The molecule has 3 rings (SSSR count). The first-order chi connectivity index (χ1) is 12.3. The van der Waals surface area contributed by atoms with E-state index in [0.29, 0.717) is 0 Å². The van der Waals surface area contributed by atoms with Crippen molar-refractivity contribution < 1.29 is 19.5 Å². The molecule has 1 fully saturated rings. The van der Waals surface area contributed by atoms with Crippen LogP contribution in [-0.2, 0) is 22.4 Å². The Morgan fingerprint density at radius 1 is 1.04 bits per heavy atom. The SMILES string of the molecule is CCC(O)=C1C(=O)CC(c2c(C)c3c(c(C(C)=O)c2C)CCC3)CC1=O. The van der Waals surface area contributed by atoms with Crippen LogP contribution in [0, 0.1) is 13.8 Å². The minimum Gasteiger partial charge on any atom is -0.511 e. The van der Waals surface area contributed by atoms with Gasteiger partial charge in [0.1, 0.15) is 5.76 Å². The molecule has 0 saturated heterocycles. The van der Waals surface area contributed by atoms with E-state index in [1.807, 2.05) is 6.92 Å². The molecule has 26 heavy (non-hydrogen) atoms. The van der Waals surface area contributed by atoms with E-state index >= 15 is 0 Å². The largest absolute Gasteiger partial charge is 0.511 e. The second-order valence-corrected chi connectivity index (χ2v) is 7.53. The maximum atomic E-state index is 12.6. The Morgan fingerprint density at radius 3 is 2.15 bits per heavy atom. The van der Waals surface area contributed by atoms with Gasteiger partial charge in [-0.3, -0.25) is 14.4 Å². The number of rotatable bonds is 3. The van der Waals surface area contributed by atoms with Crippen LogP contribution in [0.2, 0.25) is 0 Å². The smallest absolute Gasteiger partial charge is 0.170 e. The summed E-state index contributed by atoms with van der Waals surface area (Å²) < 4.78 is 0. The molecular weight excluding hydrogens is 328 g/mol. The van der Waals surface area contributed by atoms with Crippen LogP contribution < -0.4 is 0 Å². The molecule has 0 aliphatic heterocycles. The van der Waals surface area contributed by atoms with Crippen LogP contribution in [0.25, 0.3) is 0 Å². The molecule has 1 aromatic rings. The molecule has 0 amide bonds. The molecule has 0 heterocycles. The summed E-state index contributed by atoms with van der Waals surface area (Å²) in [4.78, 5) is 37.4. The van der Waals surface area contributed by atoms with Crippen LogP contribution in [0.4, 0.5) is 0 Å². The average Bonchev–Trinajstić information content (AvgIpc) is 3.03. The summed E-state index contributed by atoms with van der Waals surface area (Å²) in [5.41, 5.74) is 6.21. The lowest BCUT2D eigenvalue weighted by atomic mass is 9.74. The van der Waals surface area contributed by atoms with Gasteiger partial charge in [-0.15, -0.1) is 0 Å². The number of hydrogen-bond donors (Lipinski definition) is 1. The van der Waals surface area contributed by atoms with Crippen LogP contribution in [0.5, 0.6) is 0 Å². The maximum absolute atomic E-state index is 12.6. The fraction of sp³-hybridized carbons (Fsp3) is 0.500. The zero-order chi connectivity index (χ0) is 19.2. The van der Waals surface area contributed by atoms with Gasteiger partial charge in [0.15, 0.2) is 17.3 Å². The quantitative estimate of drug-likeness (QED) is 0.381. The first-order valence-corrected chi connectivity index (χ1v) is 9.42. The van der Waals surface area contributed by atoms with Gasteiger partial charge in [-0.2, -0.15) is 0 Å². The fourth-order valence-corrected chi connectivity index (χ4v) is 4.91. The zero-order valence-electron chi connectivity index (χ0n) is 16.0. The second-order valence-electron chi connectivity index (χ2n) is 7.53. The van der Waals surface area contributed by atoms with E-state index in [4.69, 9.17) is 0 Å². The highest BCUT2D eigenvalue weighted by Gasteiger charge is 2.36. The van der Waals surface area contributed by atoms with Crippen molar-refractivity contribution in [2.75, 3.05) is 0 Å². The number of ketones is 3. The van der Waals surface area contributed by atoms with Gasteiger partial charge in [0.2, 0.25) is 0 Å². The van der Waals surface area contributed by atoms with E-state index in [2.05, 4.69) is 6.92 Å². The molecule has 0 bridgehead atoms. The standard InChI is InChI=1S/C22H26O4/c1-5-17(24)22-18(25)9-14(10-19(22)26)20-11(2)15-7-6-8-16(15)21(12(20)3)13(4)23/h14,24H,5-10H2,1-4H3. The van der Waals surface area contributed by atoms with Crippen molar-refractivity contribution in [2.45, 2.75) is 72.1 Å². The molecule has 1 N–H and O–H groups in total. The normalized spacial score (nSPS) is 19.7. The van der Waals surface area contributed by atoms with Crippen LogP contribution in [0.1, 0.15) is 83.6 Å². The minimum absolute atomic E-state index is 0.0213. The molecule has 0 aromatic heterocycles. The van der Waals surface area contributed by atoms with Crippen molar-refractivity contribution in [3.63, 3.8) is 0 Å². The Hall–Kier alpha value is -2.23. The molecule has 1 saturated carbocycles. The summed E-state index contributed by atoms with van der Waals surface area (Å²) in [5, 5.41) is 9.93. The highest BCUT2D eigenvalue weighted by Crippen LogP contribution is 2.42. The first-order valence-electron chi connectivity index (χ1n) is 9.42. The van der Waals surface area contributed by atoms with E-state index in [1.165, 1.54) is 5.56 Å². The van der Waals surface area contributed by atoms with Gasteiger partial charge in [0.25, 0.3) is 0 Å². The number of hydrogen-bond acceptors (Lipinski definition) is 4. The van der Waals surface area contributed by atoms with Crippen LogP contribution in [0.3, 0.4) is 0 Å². The van der Waals surface area contributed by atoms with E-state index in [1.54, 1.807) is 13.8 Å². The second kappa shape index (κ2) is 6.82. The minimum atomic E-state index is -0.283. The molecule has 0 radical (unpaired) electrons. The molecule has 138 valence electrons. The Balaban J connectivity index is 2.12. The molecule has 2 aliphatic carbocycles. The van der Waals surface area contributed by atoms with Crippen molar-refractivity contribution in [1.82, 2.24) is 0 Å². The summed E-state index contributed by atoms with van der Waals surface area (Å²) in [5.74, 6) is -0.833. The summed E-state index contributed by atoms with van der Waals surface area (Å²) >= 11 is 0. The number of carbonyl (C=O) groups excluding carboxylic acids is 3. The number of carbonyl (C=O) groups is 3. The number of aliphatic hydroxyl groups is 1. The predicted octanol–water partition coefficient (Wildman–Crippen LogP) is 4.23. The van der Waals surface area contributed by atoms with Gasteiger partial charge in [-0.1, -0.05) is 6.92 Å². The van der Waals surface area contributed by atoms with Gasteiger partial charge < -0.3 is 5.11 Å². The van der Waals surface area contributed by atoms with Crippen LogP contribution >= 0.6 is 0 Å². The first kappa shape index (κ1) is 18.6. The van der Waals surface area contributed by atoms with Crippen molar-refractivity contribution >= 4 is 17.3 Å². The topological polar surface area (TPSA) is 71.4 Å². The molecule has 0 atom stereocenters. The van der Waals surface area contributed by atoms with Gasteiger partial charge in [-0.25, -0.2) is 0 Å². The third-order valence-corrected chi connectivity index (χ3v) is 5.96. The predicted molar refractivity (Wildman–Crippen MR) is 99.9 cm³/mol. The molecule has 2 aliphatic rings. The third kappa shape index (κ3) is 2.81. The van der Waals surface area contributed by atoms with Crippen LogP contribution in [-0.4, -0.2) is 22.5 Å². The highest BCUT2D eigenvalue weighted by molar-refractivity contribution is 6.22. The number of fused-ring (bicyclic) bond motifs is 1. The lowest BCUT2D eigenvalue weighted by Gasteiger charge is -2.28. The average molecular weight is 354 g/mol. The summed E-state index contributed by atoms with van der Waals surface area (Å²) in [6.07, 6.45) is 3.62. The number of benzene rings is 1. The van der Waals surface area contributed by atoms with E-state index in [9.17, 15) is 19.5 Å².